The highest BCUT2D eigenvalue weighted by molar-refractivity contribution is 5.51. The van der Waals surface area contributed by atoms with E-state index in [9.17, 15) is 0 Å². The fraction of sp³-hybridized carbons (Fsp3) is 0. The van der Waals surface area contributed by atoms with E-state index in [1.54, 1.807) is 12.4 Å². The predicted octanol–water partition coefficient (Wildman–Crippen LogP) is 1.10. The van der Waals surface area contributed by atoms with E-state index < -0.39 is 0 Å². The maximum Gasteiger partial charge on any atom is 0.0657 e. The molecule has 0 unspecified atom stereocenters. The monoisotopic (exact) mass is 144 g/mol. The SMILES string of the molecule is c1ccc(-c2c[n-]cn2)nc1. The van der Waals surface area contributed by atoms with Crippen molar-refractivity contribution in [3.05, 3.63) is 36.9 Å². The fourth-order valence-electron chi connectivity index (χ4n) is 0.879. The van der Waals surface area contributed by atoms with E-state index >= 15 is 0 Å². The second-order valence-corrected chi connectivity index (χ2v) is 2.12. The lowest BCUT2D eigenvalue weighted by Crippen LogP contribution is -1.79. The van der Waals surface area contributed by atoms with Gasteiger partial charge in [0, 0.05) is 6.20 Å². The molecule has 0 aliphatic carbocycles. The van der Waals surface area contributed by atoms with Gasteiger partial charge in [0.15, 0.2) is 0 Å². The van der Waals surface area contributed by atoms with E-state index in [0.717, 1.165) is 11.4 Å². The number of aromatic nitrogens is 3. The molecule has 0 aliphatic heterocycles. The quantitative estimate of drug-likeness (QED) is 0.601. The van der Waals surface area contributed by atoms with E-state index in [-0.39, 0.29) is 0 Å². The van der Waals surface area contributed by atoms with Gasteiger partial charge in [-0.1, -0.05) is 18.6 Å². The smallest absolute Gasteiger partial charge is 0.0657 e. The lowest BCUT2D eigenvalue weighted by molar-refractivity contribution is 1.26. The molecule has 0 saturated heterocycles. The molecule has 0 saturated carbocycles. The van der Waals surface area contributed by atoms with Gasteiger partial charge in [0.1, 0.15) is 0 Å². The topological polar surface area (TPSA) is 39.9 Å². The zero-order chi connectivity index (χ0) is 7.52. The summed E-state index contributed by atoms with van der Waals surface area (Å²) >= 11 is 0. The average molecular weight is 144 g/mol. The van der Waals surface area contributed by atoms with Gasteiger partial charge in [0.05, 0.1) is 5.69 Å². The van der Waals surface area contributed by atoms with Crippen LogP contribution in [-0.2, 0) is 0 Å². The van der Waals surface area contributed by atoms with Gasteiger partial charge in [-0.05, 0) is 17.8 Å². The number of hydrogen-bond acceptors (Lipinski definition) is 2. The van der Waals surface area contributed by atoms with Gasteiger partial charge in [-0.2, -0.15) is 0 Å². The standard InChI is InChI=1S/C8H6N3/c1-2-4-10-7(3-1)8-5-9-6-11-8/h1-6H/q-1. The molecule has 0 radical (unpaired) electrons. The molecule has 3 nitrogen and oxygen atoms in total. The Hall–Kier alpha value is -1.64. The first-order chi connectivity index (χ1) is 5.47. The van der Waals surface area contributed by atoms with Crippen molar-refractivity contribution in [2.45, 2.75) is 0 Å². The van der Waals surface area contributed by atoms with Crippen molar-refractivity contribution in [3.63, 3.8) is 0 Å². The van der Waals surface area contributed by atoms with E-state index in [2.05, 4.69) is 15.0 Å². The molecule has 0 amide bonds. The Bertz CT molecular complexity index is 312. The third-order valence-corrected chi connectivity index (χ3v) is 1.39. The first-order valence-corrected chi connectivity index (χ1v) is 3.31. The van der Waals surface area contributed by atoms with E-state index in [4.69, 9.17) is 0 Å². The minimum Gasteiger partial charge on any atom is -0.449 e. The fourth-order valence-corrected chi connectivity index (χ4v) is 0.879. The third-order valence-electron chi connectivity index (χ3n) is 1.39. The zero-order valence-electron chi connectivity index (χ0n) is 5.81. The van der Waals surface area contributed by atoms with Crippen LogP contribution < -0.4 is 4.98 Å². The second kappa shape index (κ2) is 2.54. The van der Waals surface area contributed by atoms with Gasteiger partial charge in [-0.3, -0.25) is 4.98 Å². The summed E-state index contributed by atoms with van der Waals surface area (Å²) < 4.78 is 0. The third kappa shape index (κ3) is 1.12. The molecule has 0 aromatic carbocycles. The van der Waals surface area contributed by atoms with Crippen LogP contribution >= 0.6 is 0 Å². The number of rotatable bonds is 1. The molecule has 0 bridgehead atoms. The number of imidazole rings is 1. The molecule has 0 aliphatic rings. The minimum atomic E-state index is 0.825. The molecule has 0 atom stereocenters. The summed E-state index contributed by atoms with van der Waals surface area (Å²) in [4.78, 5) is 12.0. The minimum absolute atomic E-state index is 0.825. The molecule has 54 valence electrons. The largest absolute Gasteiger partial charge is 0.449 e. The summed E-state index contributed by atoms with van der Waals surface area (Å²) in [6, 6.07) is 5.71. The highest BCUT2D eigenvalue weighted by Gasteiger charge is 1.89. The van der Waals surface area contributed by atoms with E-state index in [1.165, 1.54) is 6.33 Å². The Labute approximate surface area is 64.1 Å². The highest BCUT2D eigenvalue weighted by Crippen LogP contribution is 2.09. The zero-order valence-corrected chi connectivity index (χ0v) is 5.81. The number of pyridine rings is 1. The molecule has 11 heavy (non-hydrogen) atoms. The van der Waals surface area contributed by atoms with Crippen molar-refractivity contribution < 1.29 is 0 Å². The van der Waals surface area contributed by atoms with Crippen molar-refractivity contribution in [3.8, 4) is 11.4 Å². The summed E-state index contributed by atoms with van der Waals surface area (Å²) in [7, 11) is 0. The molecule has 2 aromatic rings. The van der Waals surface area contributed by atoms with Crippen LogP contribution in [0.1, 0.15) is 0 Å². The van der Waals surface area contributed by atoms with Gasteiger partial charge >= 0.3 is 0 Å². The average Bonchev–Trinajstić information content (AvgIpc) is 2.58. The molecule has 0 N–H and O–H groups in total. The summed E-state index contributed by atoms with van der Waals surface area (Å²) in [6.07, 6.45) is 4.95. The lowest BCUT2D eigenvalue weighted by Gasteiger charge is -1.97. The summed E-state index contributed by atoms with van der Waals surface area (Å²) in [5.41, 5.74) is 1.69. The van der Waals surface area contributed by atoms with Crippen molar-refractivity contribution in [2.75, 3.05) is 0 Å². The molecule has 2 rings (SSSR count). The van der Waals surface area contributed by atoms with Gasteiger partial charge in [-0.15, -0.1) is 0 Å². The van der Waals surface area contributed by atoms with Crippen LogP contribution in [0.3, 0.4) is 0 Å². The van der Waals surface area contributed by atoms with Crippen LogP contribution in [-0.4, -0.2) is 9.97 Å². The maximum atomic E-state index is 4.12. The number of hydrogen-bond donors (Lipinski definition) is 0. The molecule has 0 spiro atoms. The Morgan fingerprint density at radius 2 is 2.09 bits per heavy atom. The van der Waals surface area contributed by atoms with Gasteiger partial charge in [-0.25, -0.2) is 0 Å². The maximum absolute atomic E-state index is 4.12. The van der Waals surface area contributed by atoms with Crippen LogP contribution in [0, 0.1) is 0 Å². The first kappa shape index (κ1) is 6.09. The molecule has 2 aromatic heterocycles. The summed E-state index contributed by atoms with van der Waals surface area (Å²) in [5, 5.41) is 0. The van der Waals surface area contributed by atoms with Crippen LogP contribution in [0.2, 0.25) is 0 Å². The molecule has 0 fully saturated rings. The van der Waals surface area contributed by atoms with E-state index in [0.29, 0.717) is 0 Å². The lowest BCUT2D eigenvalue weighted by atomic mass is 10.3. The Balaban J connectivity index is 2.46. The van der Waals surface area contributed by atoms with Crippen molar-refractivity contribution in [1.29, 1.82) is 0 Å². The Morgan fingerprint density at radius 3 is 2.73 bits per heavy atom. The van der Waals surface area contributed by atoms with Crippen molar-refractivity contribution >= 4 is 0 Å². The normalized spacial score (nSPS) is 9.82. The highest BCUT2D eigenvalue weighted by atomic mass is 14.9. The van der Waals surface area contributed by atoms with E-state index in [1.807, 2.05) is 18.2 Å². The Kier molecular flexibility index (Phi) is 1.41. The van der Waals surface area contributed by atoms with Crippen LogP contribution in [0.5, 0.6) is 0 Å². The molecule has 2 heterocycles. The van der Waals surface area contributed by atoms with Crippen LogP contribution in [0.15, 0.2) is 36.9 Å². The van der Waals surface area contributed by atoms with Gasteiger partial charge in [0.2, 0.25) is 0 Å². The summed E-state index contributed by atoms with van der Waals surface area (Å²) in [5.74, 6) is 0. The second-order valence-electron chi connectivity index (χ2n) is 2.12. The van der Waals surface area contributed by atoms with Crippen LogP contribution in [0.25, 0.3) is 11.4 Å². The molecular formula is C8H6N3-. The first-order valence-electron chi connectivity index (χ1n) is 3.31. The molecule has 3 heteroatoms. The van der Waals surface area contributed by atoms with Gasteiger partial charge < -0.3 is 9.97 Å². The Morgan fingerprint density at radius 1 is 1.09 bits per heavy atom. The number of nitrogens with zero attached hydrogens (tertiary/aromatic N) is 3. The van der Waals surface area contributed by atoms with Crippen molar-refractivity contribution in [2.24, 2.45) is 0 Å². The summed E-state index contributed by atoms with van der Waals surface area (Å²) in [6.45, 7) is 0. The van der Waals surface area contributed by atoms with Crippen molar-refractivity contribution in [1.82, 2.24) is 15.0 Å². The molecular weight excluding hydrogens is 138 g/mol. The predicted molar refractivity (Wildman–Crippen MR) is 40.8 cm³/mol. The van der Waals surface area contributed by atoms with Crippen LogP contribution in [0.4, 0.5) is 0 Å². The van der Waals surface area contributed by atoms with Gasteiger partial charge in [0.25, 0.3) is 0 Å².